The molecule has 4 amide bonds. The maximum absolute atomic E-state index is 14.6. The minimum absolute atomic E-state index is 0.0368. The van der Waals surface area contributed by atoms with E-state index in [1.807, 2.05) is 0 Å². The molecule has 7 N–H and O–H groups in total. The molecule has 282 valence electrons. The molecule has 0 aliphatic carbocycles. The van der Waals surface area contributed by atoms with Gasteiger partial charge in [-0.2, -0.15) is 0 Å². The van der Waals surface area contributed by atoms with Crippen molar-refractivity contribution in [3.8, 4) is 0 Å². The van der Waals surface area contributed by atoms with Crippen molar-refractivity contribution in [1.82, 2.24) is 30.7 Å². The fourth-order valence-corrected chi connectivity index (χ4v) is 11.2. The number of aliphatic hydroxyl groups is 2. The van der Waals surface area contributed by atoms with Crippen molar-refractivity contribution in [2.24, 2.45) is 23.7 Å². The number of carboxylic acid groups (broad SMARTS) is 2. The normalized spacial score (nSPS) is 33.4. The van der Waals surface area contributed by atoms with Gasteiger partial charge in [-0.15, -0.1) is 23.5 Å². The first-order valence-corrected chi connectivity index (χ1v) is 18.9. The Hall–Kier alpha value is -3.32. The number of hydrogen-bond donors (Lipinski definition) is 7. The molecule has 0 radical (unpaired) electrons. The van der Waals surface area contributed by atoms with Gasteiger partial charge >= 0.3 is 11.9 Å². The number of thioether (sulfide) groups is 2. The van der Waals surface area contributed by atoms with Gasteiger partial charge in [-0.3, -0.25) is 19.2 Å². The maximum atomic E-state index is 14.6. The Labute approximate surface area is 304 Å². The summed E-state index contributed by atoms with van der Waals surface area (Å²) in [5.41, 5.74) is -0.227. The smallest absolute Gasteiger partial charge is 0.353 e. The van der Waals surface area contributed by atoms with E-state index in [4.69, 9.17) is 0 Å². The molecule has 0 bridgehead atoms. The van der Waals surface area contributed by atoms with E-state index in [-0.39, 0.29) is 41.4 Å². The van der Waals surface area contributed by atoms with Crippen LogP contribution in [0.2, 0.25) is 0 Å². The molecule has 3 saturated heterocycles. The van der Waals surface area contributed by atoms with Crippen LogP contribution in [0.25, 0.3) is 0 Å². The summed E-state index contributed by atoms with van der Waals surface area (Å²) >= 11 is 2.54. The Bertz CT molecular complexity index is 1550. The van der Waals surface area contributed by atoms with Gasteiger partial charge < -0.3 is 51.1 Å². The molecule has 5 rings (SSSR count). The third-order valence-electron chi connectivity index (χ3n) is 10.7. The maximum Gasteiger partial charge on any atom is 0.353 e. The van der Waals surface area contributed by atoms with Crippen LogP contribution in [-0.2, 0) is 28.8 Å². The van der Waals surface area contributed by atoms with Crippen LogP contribution >= 0.6 is 23.5 Å². The topological polar surface area (TPSA) is 229 Å². The van der Waals surface area contributed by atoms with Crippen LogP contribution in [0.3, 0.4) is 0 Å². The number of fused-ring (bicyclic) bond motifs is 1. The highest BCUT2D eigenvalue weighted by Crippen LogP contribution is 2.52. The Balaban J connectivity index is 1.39. The summed E-state index contributed by atoms with van der Waals surface area (Å²) in [7, 11) is 4.67. The standard InChI is InChI=1S/C33H48N6O10S2/c1-12-22(36-23(32(46)47)26(12)50-16-8-18(35-10-16)28(42)34-5)20(14(3)40)30(44)38-11-17(9-19(38)29(43)37(6)7)51-27-13(2)24-21(15(4)41)31(45)39(24)25(27)33(48)49/h12-22,24,35-36,40-41H,8-11H2,1-7H3,(H,34,42)(H,46,47)(H,48,49)/t12-,13-,14-,15-,16+,17+,18+,19+,20-,21-,22?,24-/m1/s1. The lowest BCUT2D eigenvalue weighted by atomic mass is 9.79. The molecule has 0 spiro atoms. The molecule has 18 heteroatoms. The Kier molecular flexibility index (Phi) is 11.4. The third-order valence-corrected chi connectivity index (χ3v) is 13.8. The fraction of sp³-hybridized carbons (Fsp3) is 0.697. The minimum Gasteiger partial charge on any atom is -0.477 e. The number of amides is 4. The molecule has 1 unspecified atom stereocenters. The van der Waals surface area contributed by atoms with Gasteiger partial charge in [-0.05, 0) is 26.7 Å². The van der Waals surface area contributed by atoms with E-state index in [1.165, 1.54) is 52.1 Å². The Morgan fingerprint density at radius 2 is 1.61 bits per heavy atom. The molecule has 16 nitrogen and oxygen atoms in total. The largest absolute Gasteiger partial charge is 0.477 e. The van der Waals surface area contributed by atoms with Gasteiger partial charge in [0, 0.05) is 72.4 Å². The summed E-state index contributed by atoms with van der Waals surface area (Å²) in [5.74, 6) is -6.84. The predicted octanol–water partition coefficient (Wildman–Crippen LogP) is -0.958. The number of likely N-dealkylation sites (N-methyl/N-ethyl adjacent to an activating group) is 2. The number of aliphatic carboxylic acids is 2. The van der Waals surface area contributed by atoms with Crippen LogP contribution in [0, 0.1) is 23.7 Å². The SMILES string of the molecule is CNC(=O)[C@@H]1C[C@H](SC2=C(C(=O)O)NC([C@H](C(=O)N3C[C@@H](SC4=C(C(=O)O)N5C(=O)[C@H]([C@@H](C)O)[C@H]5[C@H]4C)C[C@H]3C(=O)N(C)C)[C@@H](C)O)[C@H]2C)CN1. The molecule has 0 saturated carbocycles. The first-order valence-electron chi connectivity index (χ1n) is 17.1. The summed E-state index contributed by atoms with van der Waals surface area (Å²) in [6.07, 6.45) is -1.55. The highest BCUT2D eigenvalue weighted by Gasteiger charge is 2.60. The van der Waals surface area contributed by atoms with Gasteiger partial charge in [0.05, 0.1) is 36.1 Å². The summed E-state index contributed by atoms with van der Waals surface area (Å²) in [6.45, 7) is 7.05. The van der Waals surface area contributed by atoms with Gasteiger partial charge in [0.25, 0.3) is 0 Å². The summed E-state index contributed by atoms with van der Waals surface area (Å²) in [5, 5.41) is 49.9. The zero-order valence-electron chi connectivity index (χ0n) is 29.7. The van der Waals surface area contributed by atoms with Crippen molar-refractivity contribution in [2.75, 3.05) is 34.2 Å². The second-order valence-electron chi connectivity index (χ2n) is 14.3. The molecule has 0 aromatic heterocycles. The number of nitrogens with one attached hydrogen (secondary N) is 3. The molecule has 0 aromatic carbocycles. The molecular formula is C33H48N6O10S2. The molecule has 12 atom stereocenters. The van der Waals surface area contributed by atoms with Crippen LogP contribution in [-0.4, -0.2) is 152 Å². The Morgan fingerprint density at radius 1 is 0.961 bits per heavy atom. The predicted molar refractivity (Wildman–Crippen MR) is 188 cm³/mol. The van der Waals surface area contributed by atoms with Gasteiger partial charge in [0.2, 0.25) is 23.6 Å². The number of carboxylic acids is 2. The third kappa shape index (κ3) is 6.96. The van der Waals surface area contributed by atoms with Crippen molar-refractivity contribution >= 4 is 59.1 Å². The monoisotopic (exact) mass is 752 g/mol. The van der Waals surface area contributed by atoms with E-state index >= 15 is 0 Å². The van der Waals surface area contributed by atoms with Crippen LogP contribution in [0.5, 0.6) is 0 Å². The van der Waals surface area contributed by atoms with Gasteiger partial charge in [-0.1, -0.05) is 13.8 Å². The number of nitrogens with zero attached hydrogens (tertiary/aromatic N) is 3. The lowest BCUT2D eigenvalue weighted by molar-refractivity contribution is -0.163. The van der Waals surface area contributed by atoms with E-state index in [1.54, 1.807) is 35.0 Å². The number of carbonyl (C=O) groups is 6. The molecule has 5 aliphatic rings. The van der Waals surface area contributed by atoms with E-state index in [2.05, 4.69) is 16.0 Å². The fourth-order valence-electron chi connectivity index (χ4n) is 8.20. The molecular weight excluding hydrogens is 705 g/mol. The highest BCUT2D eigenvalue weighted by atomic mass is 32.2. The molecule has 5 heterocycles. The van der Waals surface area contributed by atoms with E-state index in [9.17, 15) is 49.2 Å². The van der Waals surface area contributed by atoms with Crippen molar-refractivity contribution in [1.29, 1.82) is 0 Å². The Morgan fingerprint density at radius 3 is 2.16 bits per heavy atom. The molecule has 5 aliphatic heterocycles. The zero-order valence-corrected chi connectivity index (χ0v) is 31.3. The van der Waals surface area contributed by atoms with Gasteiger partial charge in [0.1, 0.15) is 17.4 Å². The number of carbonyl (C=O) groups excluding carboxylic acids is 4. The molecule has 51 heavy (non-hydrogen) atoms. The first-order chi connectivity index (χ1) is 23.9. The summed E-state index contributed by atoms with van der Waals surface area (Å²) in [4.78, 5) is 83.0. The van der Waals surface area contributed by atoms with Crippen LogP contribution < -0.4 is 16.0 Å². The van der Waals surface area contributed by atoms with Crippen LogP contribution in [0.15, 0.2) is 21.2 Å². The lowest BCUT2D eigenvalue weighted by Gasteiger charge is -2.46. The van der Waals surface area contributed by atoms with Crippen LogP contribution in [0.1, 0.15) is 40.5 Å². The van der Waals surface area contributed by atoms with Crippen LogP contribution in [0.4, 0.5) is 0 Å². The van der Waals surface area contributed by atoms with Crippen molar-refractivity contribution in [3.05, 3.63) is 21.2 Å². The zero-order chi connectivity index (χ0) is 37.8. The van der Waals surface area contributed by atoms with Crippen molar-refractivity contribution < 1.29 is 49.2 Å². The first kappa shape index (κ1) is 38.9. The van der Waals surface area contributed by atoms with E-state index in [0.717, 1.165) is 0 Å². The van der Waals surface area contributed by atoms with E-state index < -0.39 is 89.0 Å². The summed E-state index contributed by atoms with van der Waals surface area (Å²) < 4.78 is 0. The molecule has 3 fully saturated rings. The quantitative estimate of drug-likeness (QED) is 0.119. The number of β-lactam (4-membered cyclic amide) rings is 1. The van der Waals surface area contributed by atoms with E-state index in [0.29, 0.717) is 22.8 Å². The number of likely N-dealkylation sites (tertiary alicyclic amines) is 1. The van der Waals surface area contributed by atoms with Crippen molar-refractivity contribution in [3.63, 3.8) is 0 Å². The van der Waals surface area contributed by atoms with Crippen molar-refractivity contribution in [2.45, 2.75) is 87.4 Å². The average Bonchev–Trinajstić information content (AvgIpc) is 3.82. The average molecular weight is 753 g/mol. The lowest BCUT2D eigenvalue weighted by Crippen LogP contribution is -2.63. The second-order valence-corrected chi connectivity index (χ2v) is 17.0. The van der Waals surface area contributed by atoms with Gasteiger partial charge in [0.15, 0.2) is 0 Å². The molecule has 0 aromatic rings. The number of aliphatic hydroxyl groups excluding tert-OH is 2. The second kappa shape index (κ2) is 15.0. The van der Waals surface area contributed by atoms with Gasteiger partial charge in [-0.25, -0.2) is 9.59 Å². The summed E-state index contributed by atoms with van der Waals surface area (Å²) in [6, 6.07) is -2.70. The number of hydrogen-bond acceptors (Lipinski definition) is 12. The number of rotatable bonds is 12. The minimum atomic E-state index is -1.28. The highest BCUT2D eigenvalue weighted by molar-refractivity contribution is 8.04.